The van der Waals surface area contributed by atoms with Gasteiger partial charge in [-0.1, -0.05) is 42.5 Å². The van der Waals surface area contributed by atoms with Crippen molar-refractivity contribution in [2.24, 2.45) is 0 Å². The number of nitrogens with zero attached hydrogens (tertiary/aromatic N) is 1. The van der Waals surface area contributed by atoms with Gasteiger partial charge in [-0.2, -0.15) is 0 Å². The molecule has 21 heavy (non-hydrogen) atoms. The minimum Gasteiger partial charge on any atom is -0.508 e. The molecule has 1 amide bonds. The van der Waals surface area contributed by atoms with Crippen molar-refractivity contribution < 1.29 is 9.90 Å². The van der Waals surface area contributed by atoms with E-state index in [0.29, 0.717) is 11.3 Å². The highest BCUT2D eigenvalue weighted by Crippen LogP contribution is 2.17. The molecule has 0 saturated carbocycles. The molecule has 2 N–H and O–H groups in total. The van der Waals surface area contributed by atoms with Crippen LogP contribution in [0.15, 0.2) is 60.8 Å². The predicted molar refractivity (Wildman–Crippen MR) is 81.0 cm³/mol. The normalized spacial score (nSPS) is 10.5. The molecule has 0 radical (unpaired) electrons. The third kappa shape index (κ3) is 2.69. The van der Waals surface area contributed by atoms with Crippen LogP contribution in [0.4, 0.5) is 0 Å². The van der Waals surface area contributed by atoms with Crippen LogP contribution in [0.5, 0.6) is 5.75 Å². The lowest BCUT2D eigenvalue weighted by atomic mass is 10.1. The summed E-state index contributed by atoms with van der Waals surface area (Å²) in [4.78, 5) is 16.5. The molecule has 0 unspecified atom stereocenters. The quantitative estimate of drug-likeness (QED) is 0.774. The van der Waals surface area contributed by atoms with Gasteiger partial charge in [-0.05, 0) is 17.5 Å². The average Bonchev–Trinajstić information content (AvgIpc) is 2.53. The van der Waals surface area contributed by atoms with E-state index >= 15 is 0 Å². The Hall–Kier alpha value is -2.88. The summed E-state index contributed by atoms with van der Waals surface area (Å²) in [5.74, 6) is -0.0845. The SMILES string of the molecule is O=C(NCc1ccccc1O)c1nccc2ccccc12. The third-order valence-corrected chi connectivity index (χ3v) is 3.32. The maximum atomic E-state index is 12.3. The molecule has 4 nitrogen and oxygen atoms in total. The van der Waals surface area contributed by atoms with Crippen molar-refractivity contribution in [1.82, 2.24) is 10.3 Å². The van der Waals surface area contributed by atoms with E-state index in [1.165, 1.54) is 0 Å². The van der Waals surface area contributed by atoms with E-state index in [1.807, 2.05) is 36.4 Å². The number of para-hydroxylation sites is 1. The highest BCUT2D eigenvalue weighted by molar-refractivity contribution is 6.05. The number of phenols is 1. The molecule has 3 aromatic rings. The smallest absolute Gasteiger partial charge is 0.270 e. The fourth-order valence-corrected chi connectivity index (χ4v) is 2.22. The van der Waals surface area contributed by atoms with E-state index < -0.39 is 0 Å². The van der Waals surface area contributed by atoms with Gasteiger partial charge in [0.1, 0.15) is 11.4 Å². The Kier molecular flexibility index (Phi) is 3.51. The van der Waals surface area contributed by atoms with E-state index in [9.17, 15) is 9.90 Å². The molecule has 3 rings (SSSR count). The minimum atomic E-state index is -0.255. The number of nitrogens with one attached hydrogen (secondary N) is 1. The van der Waals surface area contributed by atoms with E-state index in [-0.39, 0.29) is 18.2 Å². The number of fused-ring (bicyclic) bond motifs is 1. The maximum absolute atomic E-state index is 12.3. The molecule has 0 atom stereocenters. The molecule has 0 aliphatic rings. The van der Waals surface area contributed by atoms with Crippen LogP contribution in [-0.4, -0.2) is 16.0 Å². The molecule has 0 aliphatic heterocycles. The van der Waals surface area contributed by atoms with Crippen molar-refractivity contribution >= 4 is 16.7 Å². The summed E-state index contributed by atoms with van der Waals surface area (Å²) in [5, 5.41) is 14.3. The van der Waals surface area contributed by atoms with Gasteiger partial charge in [-0.25, -0.2) is 0 Å². The fraction of sp³-hybridized carbons (Fsp3) is 0.0588. The van der Waals surface area contributed by atoms with Gasteiger partial charge in [0, 0.05) is 23.7 Å². The van der Waals surface area contributed by atoms with Crippen LogP contribution < -0.4 is 5.32 Å². The minimum absolute atomic E-state index is 0.170. The zero-order chi connectivity index (χ0) is 14.7. The zero-order valence-electron chi connectivity index (χ0n) is 11.3. The van der Waals surface area contributed by atoms with E-state index in [0.717, 1.165) is 10.8 Å². The number of amides is 1. The van der Waals surface area contributed by atoms with Crippen LogP contribution >= 0.6 is 0 Å². The number of rotatable bonds is 3. The molecule has 0 fully saturated rings. The van der Waals surface area contributed by atoms with Gasteiger partial charge in [0.2, 0.25) is 0 Å². The third-order valence-electron chi connectivity index (χ3n) is 3.32. The molecule has 1 aromatic heterocycles. The van der Waals surface area contributed by atoms with Crippen molar-refractivity contribution in [2.75, 3.05) is 0 Å². The van der Waals surface area contributed by atoms with Crippen LogP contribution in [0.3, 0.4) is 0 Å². The fourth-order valence-electron chi connectivity index (χ4n) is 2.22. The summed E-state index contributed by atoms with van der Waals surface area (Å²) in [6.45, 7) is 0.260. The Morgan fingerprint density at radius 3 is 2.67 bits per heavy atom. The molecule has 0 aliphatic carbocycles. The molecule has 2 aromatic carbocycles. The second kappa shape index (κ2) is 5.63. The van der Waals surface area contributed by atoms with Gasteiger partial charge >= 0.3 is 0 Å². The number of pyridine rings is 1. The Morgan fingerprint density at radius 2 is 1.81 bits per heavy atom. The van der Waals surface area contributed by atoms with Crippen LogP contribution in [0.25, 0.3) is 10.8 Å². The molecule has 4 heteroatoms. The molecular weight excluding hydrogens is 264 g/mol. The summed E-state index contributed by atoms with van der Waals surface area (Å²) in [6, 6.07) is 16.4. The van der Waals surface area contributed by atoms with Crippen molar-refractivity contribution in [1.29, 1.82) is 0 Å². The summed E-state index contributed by atoms with van der Waals surface area (Å²) < 4.78 is 0. The van der Waals surface area contributed by atoms with Crippen molar-refractivity contribution in [2.45, 2.75) is 6.54 Å². The van der Waals surface area contributed by atoms with Gasteiger partial charge in [0.05, 0.1) is 0 Å². The largest absolute Gasteiger partial charge is 0.508 e. The average molecular weight is 278 g/mol. The summed E-state index contributed by atoms with van der Waals surface area (Å²) in [5.41, 5.74) is 1.06. The number of hydrogen-bond acceptors (Lipinski definition) is 3. The first kappa shape index (κ1) is 13.1. The lowest BCUT2D eigenvalue weighted by Crippen LogP contribution is -2.24. The highest BCUT2D eigenvalue weighted by Gasteiger charge is 2.11. The molecule has 104 valence electrons. The standard InChI is InChI=1S/C17H14N2O2/c20-15-8-4-2-6-13(15)11-19-17(21)16-14-7-3-1-5-12(14)9-10-18-16/h1-10,20H,11H2,(H,19,21). The van der Waals surface area contributed by atoms with Crippen LogP contribution in [0.1, 0.15) is 16.1 Å². The lowest BCUT2D eigenvalue weighted by Gasteiger charge is -2.08. The topological polar surface area (TPSA) is 62.2 Å². The number of phenolic OH excluding ortho intramolecular Hbond substituents is 1. The Bertz CT molecular complexity index is 794. The van der Waals surface area contributed by atoms with Crippen molar-refractivity contribution in [3.8, 4) is 5.75 Å². The Balaban J connectivity index is 1.83. The summed E-state index contributed by atoms with van der Waals surface area (Å²) in [7, 11) is 0. The van der Waals surface area contributed by atoms with Crippen LogP contribution in [0, 0.1) is 0 Å². The summed E-state index contributed by atoms with van der Waals surface area (Å²) in [6.07, 6.45) is 1.62. The maximum Gasteiger partial charge on any atom is 0.270 e. The zero-order valence-corrected chi connectivity index (χ0v) is 11.3. The van der Waals surface area contributed by atoms with Gasteiger partial charge < -0.3 is 10.4 Å². The highest BCUT2D eigenvalue weighted by atomic mass is 16.3. The van der Waals surface area contributed by atoms with Crippen LogP contribution in [-0.2, 0) is 6.54 Å². The first-order chi connectivity index (χ1) is 10.3. The first-order valence-electron chi connectivity index (χ1n) is 6.64. The number of carbonyl (C=O) groups is 1. The molecule has 1 heterocycles. The van der Waals surface area contributed by atoms with Gasteiger partial charge in [-0.3, -0.25) is 9.78 Å². The number of hydrogen-bond donors (Lipinski definition) is 2. The predicted octanol–water partition coefficient (Wildman–Crippen LogP) is 2.87. The van der Waals surface area contributed by atoms with Gasteiger partial charge in [0.15, 0.2) is 0 Å². The molecule has 0 saturated heterocycles. The molecular formula is C17H14N2O2. The second-order valence-electron chi connectivity index (χ2n) is 4.69. The van der Waals surface area contributed by atoms with Gasteiger partial charge in [0.25, 0.3) is 5.91 Å². The monoisotopic (exact) mass is 278 g/mol. The first-order valence-corrected chi connectivity index (χ1v) is 6.64. The molecule has 0 spiro atoms. The second-order valence-corrected chi connectivity index (χ2v) is 4.69. The Labute approximate surface area is 122 Å². The number of aromatic nitrogens is 1. The Morgan fingerprint density at radius 1 is 1.05 bits per heavy atom. The van der Waals surface area contributed by atoms with E-state index in [2.05, 4.69) is 10.3 Å². The number of benzene rings is 2. The summed E-state index contributed by atoms with van der Waals surface area (Å²) >= 11 is 0. The van der Waals surface area contributed by atoms with E-state index in [1.54, 1.807) is 24.4 Å². The van der Waals surface area contributed by atoms with Gasteiger partial charge in [-0.15, -0.1) is 0 Å². The number of aromatic hydroxyl groups is 1. The van der Waals surface area contributed by atoms with E-state index in [4.69, 9.17) is 0 Å². The van der Waals surface area contributed by atoms with Crippen LogP contribution in [0.2, 0.25) is 0 Å². The lowest BCUT2D eigenvalue weighted by molar-refractivity contribution is 0.0947. The molecule has 0 bridgehead atoms. The van der Waals surface area contributed by atoms with Crippen molar-refractivity contribution in [3.05, 3.63) is 72.1 Å². The van der Waals surface area contributed by atoms with Crippen molar-refractivity contribution in [3.63, 3.8) is 0 Å². The number of carbonyl (C=O) groups excluding carboxylic acids is 1.